The number of ether oxygens (including phenoxy) is 1. The van der Waals surface area contributed by atoms with Gasteiger partial charge < -0.3 is 10.1 Å². The molecule has 1 N–H and O–H groups in total. The lowest BCUT2D eigenvalue weighted by atomic mass is 10.2. The van der Waals surface area contributed by atoms with E-state index < -0.39 is 0 Å². The Morgan fingerprint density at radius 3 is 2.52 bits per heavy atom. The number of nitrogens with one attached hydrogen (secondary N) is 1. The highest BCUT2D eigenvalue weighted by atomic mass is 32.1. The van der Waals surface area contributed by atoms with Crippen molar-refractivity contribution in [2.45, 2.75) is 19.9 Å². The molecule has 2 aromatic carbocycles. The lowest BCUT2D eigenvalue weighted by Crippen LogP contribution is -2.16. The Kier molecular flexibility index (Phi) is 7.90. The standard InChI is InChI=1S/C14H17NOS.C9H8S/c1-2-5-14(6-3-1)16-9-4-8-15-11-13-7-10-17-12-13;1-7-6-10-9-5-3-2-4-8(7)9/h1-3,5-7,10,12,15H,4,8-9,11H2;2-6H,1H3. The van der Waals surface area contributed by atoms with E-state index in [2.05, 4.69) is 58.7 Å². The minimum absolute atomic E-state index is 0.765. The second-order valence-electron chi connectivity index (χ2n) is 6.24. The van der Waals surface area contributed by atoms with Gasteiger partial charge in [-0.25, -0.2) is 0 Å². The molecule has 0 atom stereocenters. The third kappa shape index (κ3) is 6.51. The van der Waals surface area contributed by atoms with Crippen LogP contribution in [-0.4, -0.2) is 13.2 Å². The number of para-hydroxylation sites is 1. The summed E-state index contributed by atoms with van der Waals surface area (Å²) in [6, 6.07) is 20.6. The molecule has 0 aliphatic heterocycles. The maximum atomic E-state index is 5.61. The number of hydrogen-bond donors (Lipinski definition) is 1. The molecule has 27 heavy (non-hydrogen) atoms. The van der Waals surface area contributed by atoms with Gasteiger partial charge in [-0.2, -0.15) is 11.3 Å². The monoisotopic (exact) mass is 395 g/mol. The minimum Gasteiger partial charge on any atom is -0.494 e. The highest BCUT2D eigenvalue weighted by molar-refractivity contribution is 7.17. The zero-order valence-electron chi connectivity index (χ0n) is 15.6. The summed E-state index contributed by atoms with van der Waals surface area (Å²) >= 11 is 3.55. The molecule has 0 amide bonds. The van der Waals surface area contributed by atoms with Gasteiger partial charge in [0.05, 0.1) is 6.61 Å². The predicted molar refractivity (Wildman–Crippen MR) is 119 cm³/mol. The van der Waals surface area contributed by atoms with Gasteiger partial charge in [0.25, 0.3) is 0 Å². The van der Waals surface area contributed by atoms with Crippen LogP contribution in [0.5, 0.6) is 5.75 Å². The normalized spacial score (nSPS) is 10.4. The summed E-state index contributed by atoms with van der Waals surface area (Å²) in [4.78, 5) is 0. The molecule has 0 bridgehead atoms. The van der Waals surface area contributed by atoms with E-state index in [0.717, 1.165) is 31.9 Å². The van der Waals surface area contributed by atoms with Crippen LogP contribution in [0.3, 0.4) is 0 Å². The van der Waals surface area contributed by atoms with Gasteiger partial charge in [0, 0.05) is 11.2 Å². The lowest BCUT2D eigenvalue weighted by molar-refractivity contribution is 0.308. The summed E-state index contributed by atoms with van der Waals surface area (Å²) in [7, 11) is 0. The van der Waals surface area contributed by atoms with E-state index in [1.165, 1.54) is 21.2 Å². The van der Waals surface area contributed by atoms with Gasteiger partial charge in [0.2, 0.25) is 0 Å². The number of aryl methyl sites for hydroxylation is 1. The van der Waals surface area contributed by atoms with Crippen molar-refractivity contribution in [3.05, 3.63) is 87.9 Å². The first-order valence-electron chi connectivity index (χ1n) is 9.15. The Bertz CT molecular complexity index is 900. The van der Waals surface area contributed by atoms with Crippen molar-refractivity contribution in [3.63, 3.8) is 0 Å². The molecular formula is C23H25NOS2. The first-order chi connectivity index (χ1) is 13.3. The maximum absolute atomic E-state index is 5.61. The molecule has 0 saturated carbocycles. The smallest absolute Gasteiger partial charge is 0.119 e. The van der Waals surface area contributed by atoms with Crippen LogP contribution >= 0.6 is 22.7 Å². The molecule has 4 aromatic rings. The fourth-order valence-corrected chi connectivity index (χ4v) is 4.25. The molecule has 0 unspecified atom stereocenters. The third-order valence-corrected chi connectivity index (χ3v) is 5.91. The molecule has 4 rings (SSSR count). The molecule has 0 spiro atoms. The minimum atomic E-state index is 0.765. The largest absolute Gasteiger partial charge is 0.494 e. The average molecular weight is 396 g/mol. The number of benzene rings is 2. The Labute approximate surface area is 169 Å². The van der Waals surface area contributed by atoms with Crippen LogP contribution in [0.15, 0.2) is 76.8 Å². The summed E-state index contributed by atoms with van der Waals surface area (Å²) in [5.41, 5.74) is 2.75. The molecule has 2 heterocycles. The van der Waals surface area contributed by atoms with Gasteiger partial charge in [0.1, 0.15) is 5.75 Å². The lowest BCUT2D eigenvalue weighted by Gasteiger charge is -2.06. The molecule has 2 nitrogen and oxygen atoms in total. The molecule has 0 aliphatic carbocycles. The van der Waals surface area contributed by atoms with Crippen molar-refractivity contribution >= 4 is 32.8 Å². The van der Waals surface area contributed by atoms with Crippen LogP contribution in [-0.2, 0) is 6.54 Å². The van der Waals surface area contributed by atoms with Gasteiger partial charge >= 0.3 is 0 Å². The number of thiophene rings is 2. The Hall–Kier alpha value is -2.14. The molecule has 0 aliphatic rings. The van der Waals surface area contributed by atoms with Gasteiger partial charge in [-0.3, -0.25) is 0 Å². The quantitative estimate of drug-likeness (QED) is 0.360. The molecule has 4 heteroatoms. The van der Waals surface area contributed by atoms with Crippen molar-refractivity contribution in [3.8, 4) is 5.75 Å². The number of fused-ring (bicyclic) bond motifs is 1. The van der Waals surface area contributed by atoms with E-state index in [0.29, 0.717) is 0 Å². The van der Waals surface area contributed by atoms with Crippen LogP contribution in [0.25, 0.3) is 10.1 Å². The van der Waals surface area contributed by atoms with Crippen LogP contribution in [0.1, 0.15) is 17.5 Å². The van der Waals surface area contributed by atoms with E-state index in [1.54, 1.807) is 11.3 Å². The second-order valence-corrected chi connectivity index (χ2v) is 7.93. The maximum Gasteiger partial charge on any atom is 0.119 e. The molecule has 2 aromatic heterocycles. The zero-order valence-corrected chi connectivity index (χ0v) is 17.2. The van der Waals surface area contributed by atoms with Crippen molar-refractivity contribution in [2.24, 2.45) is 0 Å². The van der Waals surface area contributed by atoms with E-state index in [9.17, 15) is 0 Å². The topological polar surface area (TPSA) is 21.3 Å². The third-order valence-electron chi connectivity index (χ3n) is 4.09. The van der Waals surface area contributed by atoms with Gasteiger partial charge in [-0.1, -0.05) is 36.4 Å². The Balaban J connectivity index is 0.000000177. The van der Waals surface area contributed by atoms with Crippen LogP contribution < -0.4 is 10.1 Å². The van der Waals surface area contributed by atoms with E-state index >= 15 is 0 Å². The highest BCUT2D eigenvalue weighted by Gasteiger charge is 1.95. The summed E-state index contributed by atoms with van der Waals surface area (Å²) in [5, 5.41) is 11.3. The molecule has 140 valence electrons. The van der Waals surface area contributed by atoms with Crippen LogP contribution in [0.2, 0.25) is 0 Å². The molecule has 0 radical (unpaired) electrons. The fraction of sp³-hybridized carbons (Fsp3) is 0.217. The van der Waals surface area contributed by atoms with E-state index in [1.807, 2.05) is 41.7 Å². The molecule has 0 saturated heterocycles. The van der Waals surface area contributed by atoms with Gasteiger partial charge in [0.15, 0.2) is 0 Å². The fourth-order valence-electron chi connectivity index (χ4n) is 2.64. The van der Waals surface area contributed by atoms with Crippen molar-refractivity contribution in [1.29, 1.82) is 0 Å². The Morgan fingerprint density at radius 1 is 0.926 bits per heavy atom. The van der Waals surface area contributed by atoms with E-state index in [-0.39, 0.29) is 0 Å². The number of hydrogen-bond acceptors (Lipinski definition) is 4. The summed E-state index contributed by atoms with van der Waals surface area (Å²) in [6.07, 6.45) is 1.03. The van der Waals surface area contributed by atoms with Crippen LogP contribution in [0.4, 0.5) is 0 Å². The summed E-state index contributed by atoms with van der Waals surface area (Å²) in [6.45, 7) is 4.86. The summed E-state index contributed by atoms with van der Waals surface area (Å²) in [5.74, 6) is 0.949. The van der Waals surface area contributed by atoms with Crippen molar-refractivity contribution in [2.75, 3.05) is 13.2 Å². The molecular weight excluding hydrogens is 370 g/mol. The SMILES string of the molecule is Cc1csc2ccccc12.c1ccc(OCCCNCc2ccsc2)cc1. The first-order valence-corrected chi connectivity index (χ1v) is 11.0. The summed E-state index contributed by atoms with van der Waals surface area (Å²) < 4.78 is 6.99. The van der Waals surface area contributed by atoms with Gasteiger partial charge in [-0.05, 0) is 76.8 Å². The average Bonchev–Trinajstić information content (AvgIpc) is 3.36. The second kappa shape index (κ2) is 10.9. The van der Waals surface area contributed by atoms with Gasteiger partial charge in [-0.15, -0.1) is 11.3 Å². The van der Waals surface area contributed by atoms with E-state index in [4.69, 9.17) is 4.74 Å². The Morgan fingerprint density at radius 2 is 1.74 bits per heavy atom. The van der Waals surface area contributed by atoms with Crippen molar-refractivity contribution < 1.29 is 4.74 Å². The zero-order chi connectivity index (χ0) is 18.7. The number of rotatable bonds is 7. The van der Waals surface area contributed by atoms with Crippen molar-refractivity contribution in [1.82, 2.24) is 5.32 Å². The van der Waals surface area contributed by atoms with Crippen LogP contribution in [0, 0.1) is 6.92 Å². The first kappa shape index (κ1) is 19.6. The predicted octanol–water partition coefficient (Wildman–Crippen LogP) is 6.52. The molecule has 0 fully saturated rings. The highest BCUT2D eigenvalue weighted by Crippen LogP contribution is 2.24.